The van der Waals surface area contributed by atoms with E-state index in [4.69, 9.17) is 21.1 Å². The topological polar surface area (TPSA) is 42.0 Å². The Morgan fingerprint density at radius 2 is 1.79 bits per heavy atom. The van der Waals surface area contributed by atoms with Gasteiger partial charge in [-0.05, 0) is 64.2 Å². The number of hydrogen-bond donors (Lipinski definition) is 0. The summed E-state index contributed by atoms with van der Waals surface area (Å²) in [6.07, 6.45) is 1.88. The van der Waals surface area contributed by atoms with Crippen molar-refractivity contribution in [2.75, 3.05) is 31.1 Å². The first-order valence-electron chi connectivity index (χ1n) is 10.5. The van der Waals surface area contributed by atoms with E-state index in [1.165, 1.54) is 0 Å². The number of hydrogen-bond acceptors (Lipinski definition) is 4. The maximum atomic E-state index is 13.4. The molecule has 162 valence electrons. The Morgan fingerprint density at radius 1 is 1.14 bits per heavy atom. The predicted octanol–water partition coefficient (Wildman–Crippen LogP) is 5.19. The van der Waals surface area contributed by atoms with Crippen LogP contribution in [0.2, 0.25) is 5.02 Å². The fourth-order valence-corrected chi connectivity index (χ4v) is 4.05. The number of benzene rings is 1. The third-order valence-electron chi connectivity index (χ3n) is 5.36. The molecule has 1 aromatic rings. The van der Waals surface area contributed by atoms with E-state index < -0.39 is 11.8 Å². The van der Waals surface area contributed by atoms with E-state index in [0.29, 0.717) is 50.7 Å². The number of piperidine rings is 2. The van der Waals surface area contributed by atoms with E-state index in [9.17, 15) is 9.18 Å². The molecular weight excluding hydrogens is 395 g/mol. The van der Waals surface area contributed by atoms with Crippen LogP contribution in [0.4, 0.5) is 14.9 Å². The van der Waals surface area contributed by atoms with E-state index in [-0.39, 0.29) is 12.2 Å². The van der Waals surface area contributed by atoms with Crippen LogP contribution in [0.3, 0.4) is 0 Å². The van der Waals surface area contributed by atoms with Gasteiger partial charge < -0.3 is 19.3 Å². The number of nitrogens with zero attached hydrogens (tertiary/aromatic N) is 2. The number of likely N-dealkylation sites (tertiary alicyclic amines) is 1. The maximum absolute atomic E-state index is 13.4. The highest BCUT2D eigenvalue weighted by atomic mass is 35.5. The van der Waals surface area contributed by atoms with Gasteiger partial charge in [-0.3, -0.25) is 0 Å². The van der Waals surface area contributed by atoms with Crippen molar-refractivity contribution in [3.63, 3.8) is 0 Å². The third kappa shape index (κ3) is 6.48. The number of carbonyl (C=O) groups excluding carboxylic acids is 1. The van der Waals surface area contributed by atoms with Gasteiger partial charge in [-0.2, -0.15) is 0 Å². The van der Waals surface area contributed by atoms with Crippen LogP contribution >= 0.6 is 11.6 Å². The first-order chi connectivity index (χ1) is 13.7. The largest absolute Gasteiger partial charge is 0.444 e. The Labute approximate surface area is 178 Å². The molecule has 1 aromatic carbocycles. The molecule has 0 aliphatic carbocycles. The van der Waals surface area contributed by atoms with Gasteiger partial charge in [-0.1, -0.05) is 17.7 Å². The van der Waals surface area contributed by atoms with Crippen LogP contribution in [0.1, 0.15) is 52.0 Å². The second-order valence-corrected chi connectivity index (χ2v) is 9.33. The summed E-state index contributed by atoms with van der Waals surface area (Å²) < 4.78 is 24.8. The number of rotatable bonds is 4. The molecule has 2 saturated heterocycles. The fourth-order valence-electron chi connectivity index (χ4n) is 3.73. The molecule has 0 radical (unpaired) electrons. The van der Waals surface area contributed by atoms with Crippen molar-refractivity contribution in [2.45, 2.75) is 70.9 Å². The number of amides is 1. The molecule has 7 heteroatoms. The summed E-state index contributed by atoms with van der Waals surface area (Å²) in [6, 6.07) is 5.97. The van der Waals surface area contributed by atoms with Crippen LogP contribution in [-0.2, 0) is 16.1 Å². The minimum atomic E-state index is -0.695. The normalized spacial score (nSPS) is 19.5. The van der Waals surface area contributed by atoms with Crippen LogP contribution in [0.25, 0.3) is 0 Å². The first kappa shape index (κ1) is 22.2. The standard InChI is InChI=1S/C22H32ClFN2O3/c1-22(2,3)29-21(27)26-12-8-18(9-13-26)28-15-16-4-5-20(19(23)14-16)25-10-6-17(24)7-11-25/h4-5,14,17-18H,6-13,15H2,1-3H3. The molecule has 0 bridgehead atoms. The summed E-state index contributed by atoms with van der Waals surface area (Å²) in [5, 5.41) is 0.683. The SMILES string of the molecule is CC(C)(C)OC(=O)N1CCC(OCc2ccc(N3CCC(F)CC3)c(Cl)c2)CC1. The van der Waals surface area contributed by atoms with Gasteiger partial charge in [0.2, 0.25) is 0 Å². The number of carbonyl (C=O) groups is 1. The molecular formula is C22H32ClFN2O3. The van der Waals surface area contributed by atoms with Crippen molar-refractivity contribution < 1.29 is 18.7 Å². The average molecular weight is 427 g/mol. The highest BCUT2D eigenvalue weighted by molar-refractivity contribution is 6.33. The van der Waals surface area contributed by atoms with Gasteiger partial charge in [-0.25, -0.2) is 9.18 Å². The monoisotopic (exact) mass is 426 g/mol. The van der Waals surface area contributed by atoms with Crippen LogP contribution in [-0.4, -0.2) is 55.0 Å². The lowest BCUT2D eigenvalue weighted by Gasteiger charge is -2.33. The lowest BCUT2D eigenvalue weighted by Crippen LogP contribution is -2.43. The van der Waals surface area contributed by atoms with Crippen molar-refractivity contribution in [1.82, 2.24) is 4.90 Å². The minimum Gasteiger partial charge on any atom is -0.444 e. The molecule has 0 aromatic heterocycles. The van der Waals surface area contributed by atoms with Gasteiger partial charge in [-0.15, -0.1) is 0 Å². The summed E-state index contributed by atoms with van der Waals surface area (Å²) >= 11 is 6.48. The molecule has 3 rings (SSSR count). The Balaban J connectivity index is 1.45. The number of ether oxygens (including phenoxy) is 2. The van der Waals surface area contributed by atoms with E-state index in [2.05, 4.69) is 4.90 Å². The Hall–Kier alpha value is -1.53. The zero-order chi connectivity index (χ0) is 21.0. The van der Waals surface area contributed by atoms with Crippen LogP contribution in [0.5, 0.6) is 0 Å². The van der Waals surface area contributed by atoms with Crippen molar-refractivity contribution >= 4 is 23.4 Å². The molecule has 0 spiro atoms. The number of alkyl halides is 1. The lowest BCUT2D eigenvalue weighted by atomic mass is 10.1. The van der Waals surface area contributed by atoms with E-state index in [1.54, 1.807) is 4.90 Å². The molecule has 2 aliphatic rings. The summed E-state index contributed by atoms with van der Waals surface area (Å²) in [6.45, 7) is 8.80. The van der Waals surface area contributed by atoms with Gasteiger partial charge in [0.25, 0.3) is 0 Å². The summed E-state index contributed by atoms with van der Waals surface area (Å²) in [7, 11) is 0. The molecule has 29 heavy (non-hydrogen) atoms. The van der Waals surface area contributed by atoms with Gasteiger partial charge in [0.1, 0.15) is 11.8 Å². The predicted molar refractivity (Wildman–Crippen MR) is 113 cm³/mol. The highest BCUT2D eigenvalue weighted by Gasteiger charge is 2.27. The van der Waals surface area contributed by atoms with Gasteiger partial charge >= 0.3 is 6.09 Å². The fraction of sp³-hybridized carbons (Fsp3) is 0.682. The van der Waals surface area contributed by atoms with E-state index in [0.717, 1.165) is 24.1 Å². The Morgan fingerprint density at radius 3 is 2.38 bits per heavy atom. The molecule has 1 amide bonds. The van der Waals surface area contributed by atoms with Crippen LogP contribution in [0.15, 0.2) is 18.2 Å². The molecule has 5 nitrogen and oxygen atoms in total. The number of anilines is 1. The summed E-state index contributed by atoms with van der Waals surface area (Å²) in [5.41, 5.74) is 1.51. The number of halogens is 2. The van der Waals surface area contributed by atoms with Crippen molar-refractivity contribution in [3.8, 4) is 0 Å². The minimum absolute atomic E-state index is 0.121. The Bertz CT molecular complexity index is 694. The second-order valence-electron chi connectivity index (χ2n) is 8.93. The molecule has 0 saturated carbocycles. The molecule has 2 heterocycles. The van der Waals surface area contributed by atoms with E-state index >= 15 is 0 Å². The second kappa shape index (κ2) is 9.52. The average Bonchev–Trinajstić information content (AvgIpc) is 2.66. The first-order valence-corrected chi connectivity index (χ1v) is 10.9. The van der Waals surface area contributed by atoms with Crippen molar-refractivity contribution in [3.05, 3.63) is 28.8 Å². The molecule has 0 N–H and O–H groups in total. The Kier molecular flexibility index (Phi) is 7.28. The highest BCUT2D eigenvalue weighted by Crippen LogP contribution is 2.30. The quantitative estimate of drug-likeness (QED) is 0.664. The molecule has 0 atom stereocenters. The van der Waals surface area contributed by atoms with Gasteiger partial charge in [0, 0.05) is 26.2 Å². The molecule has 2 aliphatic heterocycles. The summed E-state index contributed by atoms with van der Waals surface area (Å²) in [5.74, 6) is 0. The van der Waals surface area contributed by atoms with E-state index in [1.807, 2.05) is 39.0 Å². The molecule has 2 fully saturated rings. The van der Waals surface area contributed by atoms with Gasteiger partial charge in [0.05, 0.1) is 23.4 Å². The van der Waals surface area contributed by atoms with Gasteiger partial charge in [0.15, 0.2) is 0 Å². The smallest absolute Gasteiger partial charge is 0.410 e. The third-order valence-corrected chi connectivity index (χ3v) is 5.66. The molecule has 0 unspecified atom stereocenters. The van der Waals surface area contributed by atoms with Crippen LogP contribution < -0.4 is 4.90 Å². The zero-order valence-electron chi connectivity index (χ0n) is 17.6. The van der Waals surface area contributed by atoms with Crippen molar-refractivity contribution in [2.24, 2.45) is 0 Å². The summed E-state index contributed by atoms with van der Waals surface area (Å²) in [4.78, 5) is 16.0. The zero-order valence-corrected chi connectivity index (χ0v) is 18.4. The maximum Gasteiger partial charge on any atom is 0.410 e. The lowest BCUT2D eigenvalue weighted by molar-refractivity contribution is -0.0170. The van der Waals surface area contributed by atoms with Crippen LogP contribution in [0, 0.1) is 0 Å². The van der Waals surface area contributed by atoms with Crippen molar-refractivity contribution in [1.29, 1.82) is 0 Å².